The molecule has 0 bridgehead atoms. The molecule has 1 fully saturated rings. The second kappa shape index (κ2) is 5.04. The summed E-state index contributed by atoms with van der Waals surface area (Å²) < 4.78 is 0. The molecule has 1 aliphatic carbocycles. The Bertz CT molecular complexity index is 725. The van der Waals surface area contributed by atoms with Crippen molar-refractivity contribution in [1.82, 2.24) is 15.3 Å². The zero-order valence-corrected chi connectivity index (χ0v) is 12.0. The number of hydrogen-bond donors (Lipinski definition) is 4. The third-order valence-electron chi connectivity index (χ3n) is 4.34. The molecule has 5 N–H and O–H groups in total. The zero-order chi connectivity index (χ0) is 15.0. The van der Waals surface area contributed by atoms with Gasteiger partial charge in [-0.2, -0.15) is 0 Å². The molecular weight excluding hydrogens is 268 g/mol. The number of aromatic nitrogens is 2. The Morgan fingerprint density at radius 3 is 2.67 bits per heavy atom. The summed E-state index contributed by atoms with van der Waals surface area (Å²) in [5, 5.41) is 2.98. The highest BCUT2D eigenvalue weighted by atomic mass is 16.2. The maximum Gasteiger partial charge on any atom is 0.323 e. The lowest BCUT2D eigenvalue weighted by atomic mass is 9.97. The molecule has 0 saturated heterocycles. The summed E-state index contributed by atoms with van der Waals surface area (Å²) in [6, 6.07) is 5.45. The number of carbonyl (C=O) groups is 1. The van der Waals surface area contributed by atoms with Crippen LogP contribution < -0.4 is 16.7 Å². The number of hydrogen-bond acceptors (Lipinski definition) is 3. The second-order valence-corrected chi connectivity index (χ2v) is 5.94. The van der Waals surface area contributed by atoms with Gasteiger partial charge >= 0.3 is 5.69 Å². The van der Waals surface area contributed by atoms with E-state index in [1.165, 1.54) is 0 Å². The summed E-state index contributed by atoms with van der Waals surface area (Å²) in [5.74, 6) is -0.0878. The fourth-order valence-corrected chi connectivity index (χ4v) is 2.98. The van der Waals surface area contributed by atoms with Gasteiger partial charge in [-0.25, -0.2) is 4.79 Å². The van der Waals surface area contributed by atoms with E-state index in [1.807, 2.05) is 25.1 Å². The van der Waals surface area contributed by atoms with Gasteiger partial charge in [0.1, 0.15) is 0 Å². The van der Waals surface area contributed by atoms with Crippen molar-refractivity contribution in [2.45, 2.75) is 44.2 Å². The molecule has 112 valence electrons. The molecule has 1 unspecified atom stereocenters. The van der Waals surface area contributed by atoms with Crippen LogP contribution in [0.2, 0.25) is 0 Å². The third-order valence-corrected chi connectivity index (χ3v) is 4.34. The largest absolute Gasteiger partial charge is 0.348 e. The second-order valence-electron chi connectivity index (χ2n) is 5.94. The fraction of sp³-hybridized carbons (Fsp3) is 0.467. The first-order valence-electron chi connectivity index (χ1n) is 7.30. The van der Waals surface area contributed by atoms with Gasteiger partial charge in [-0.3, -0.25) is 4.79 Å². The van der Waals surface area contributed by atoms with Crippen LogP contribution in [0.4, 0.5) is 0 Å². The van der Waals surface area contributed by atoms with Crippen LogP contribution in [0.15, 0.2) is 23.0 Å². The van der Waals surface area contributed by atoms with Crippen molar-refractivity contribution in [2.24, 2.45) is 5.73 Å². The first-order valence-corrected chi connectivity index (χ1v) is 7.30. The van der Waals surface area contributed by atoms with Gasteiger partial charge < -0.3 is 21.0 Å². The summed E-state index contributed by atoms with van der Waals surface area (Å²) in [6.45, 7) is 1.92. The van der Waals surface area contributed by atoms with E-state index < -0.39 is 5.54 Å². The number of nitrogens with two attached hydrogens (primary N) is 1. The Hall–Kier alpha value is -2.08. The number of imidazole rings is 1. The molecule has 0 spiro atoms. The molecule has 6 nitrogen and oxygen atoms in total. The summed E-state index contributed by atoms with van der Waals surface area (Å²) in [7, 11) is 0. The molecule has 1 atom stereocenters. The van der Waals surface area contributed by atoms with Gasteiger partial charge in [-0.1, -0.05) is 18.9 Å². The van der Waals surface area contributed by atoms with Crippen molar-refractivity contribution in [3.8, 4) is 0 Å². The number of H-pyrrole nitrogens is 2. The number of rotatable bonds is 3. The highest BCUT2D eigenvalue weighted by Gasteiger charge is 2.37. The van der Waals surface area contributed by atoms with Gasteiger partial charge in [0.15, 0.2) is 0 Å². The van der Waals surface area contributed by atoms with Crippen LogP contribution in [0.1, 0.15) is 44.2 Å². The molecule has 3 rings (SSSR count). The Balaban J connectivity index is 1.78. The summed E-state index contributed by atoms with van der Waals surface area (Å²) in [5.41, 5.74) is 7.64. The van der Waals surface area contributed by atoms with Crippen LogP contribution in [0, 0.1) is 0 Å². The van der Waals surface area contributed by atoms with Crippen molar-refractivity contribution in [3.63, 3.8) is 0 Å². The van der Waals surface area contributed by atoms with Crippen LogP contribution in [0.25, 0.3) is 11.0 Å². The molecular formula is C15H20N4O2. The fourth-order valence-electron chi connectivity index (χ4n) is 2.98. The Labute approximate surface area is 122 Å². The molecule has 6 heteroatoms. The lowest BCUT2D eigenvalue weighted by molar-refractivity contribution is -0.126. The van der Waals surface area contributed by atoms with E-state index in [1.54, 1.807) is 0 Å². The molecule has 2 aromatic rings. The first kappa shape index (κ1) is 13.9. The zero-order valence-electron chi connectivity index (χ0n) is 12.0. The van der Waals surface area contributed by atoms with Crippen molar-refractivity contribution in [1.29, 1.82) is 0 Å². The Kier molecular flexibility index (Phi) is 3.33. The lowest BCUT2D eigenvalue weighted by Crippen LogP contribution is -2.52. The van der Waals surface area contributed by atoms with Gasteiger partial charge in [0.2, 0.25) is 5.91 Å². The van der Waals surface area contributed by atoms with Crippen LogP contribution >= 0.6 is 0 Å². The third kappa shape index (κ3) is 2.58. The topological polar surface area (TPSA) is 104 Å². The molecule has 21 heavy (non-hydrogen) atoms. The van der Waals surface area contributed by atoms with Gasteiger partial charge in [-0.05, 0) is 37.5 Å². The van der Waals surface area contributed by atoms with Gasteiger partial charge in [0, 0.05) is 0 Å². The first-order chi connectivity index (χ1) is 9.98. The van der Waals surface area contributed by atoms with Crippen LogP contribution in [-0.4, -0.2) is 21.4 Å². The van der Waals surface area contributed by atoms with Crippen LogP contribution in [0.5, 0.6) is 0 Å². The standard InChI is InChI=1S/C15H20N4O2/c1-9(17-13(20)15(16)6-2-3-7-15)10-4-5-11-12(8-10)19-14(21)18-11/h4-5,8-9H,2-3,6-7,16H2,1H3,(H,17,20)(H2,18,19,21). The van der Waals surface area contributed by atoms with E-state index in [-0.39, 0.29) is 17.6 Å². The van der Waals surface area contributed by atoms with E-state index in [0.717, 1.165) is 42.3 Å². The quantitative estimate of drug-likeness (QED) is 0.684. The van der Waals surface area contributed by atoms with Crippen molar-refractivity contribution in [2.75, 3.05) is 0 Å². The predicted octanol–water partition coefficient (Wildman–Crippen LogP) is 1.30. The number of benzene rings is 1. The lowest BCUT2D eigenvalue weighted by Gasteiger charge is -2.25. The molecule has 1 amide bonds. The molecule has 0 aliphatic heterocycles. The highest BCUT2D eigenvalue weighted by Crippen LogP contribution is 2.28. The van der Waals surface area contributed by atoms with Crippen molar-refractivity contribution in [3.05, 3.63) is 34.2 Å². The van der Waals surface area contributed by atoms with E-state index in [4.69, 9.17) is 5.73 Å². The summed E-state index contributed by atoms with van der Waals surface area (Å²) in [6.07, 6.45) is 3.51. The maximum atomic E-state index is 12.3. The van der Waals surface area contributed by atoms with Crippen molar-refractivity contribution < 1.29 is 4.79 Å². The number of amides is 1. The molecule has 1 saturated carbocycles. The van der Waals surface area contributed by atoms with Gasteiger partial charge in [-0.15, -0.1) is 0 Å². The number of nitrogens with one attached hydrogen (secondary N) is 3. The molecule has 1 heterocycles. The minimum Gasteiger partial charge on any atom is -0.348 e. The summed E-state index contributed by atoms with van der Waals surface area (Å²) in [4.78, 5) is 29.0. The minimum atomic E-state index is -0.721. The van der Waals surface area contributed by atoms with E-state index in [2.05, 4.69) is 15.3 Å². The number of fused-ring (bicyclic) bond motifs is 1. The van der Waals surface area contributed by atoms with Crippen LogP contribution in [0.3, 0.4) is 0 Å². The average Bonchev–Trinajstić information content (AvgIpc) is 3.03. The van der Waals surface area contributed by atoms with E-state index in [0.29, 0.717) is 0 Å². The van der Waals surface area contributed by atoms with Crippen LogP contribution in [-0.2, 0) is 4.79 Å². The Morgan fingerprint density at radius 1 is 1.29 bits per heavy atom. The molecule has 1 aromatic heterocycles. The predicted molar refractivity (Wildman–Crippen MR) is 80.9 cm³/mol. The minimum absolute atomic E-state index is 0.0878. The van der Waals surface area contributed by atoms with Gasteiger partial charge in [0.25, 0.3) is 0 Å². The highest BCUT2D eigenvalue weighted by molar-refractivity contribution is 5.86. The van der Waals surface area contributed by atoms with Crippen molar-refractivity contribution >= 4 is 16.9 Å². The van der Waals surface area contributed by atoms with E-state index in [9.17, 15) is 9.59 Å². The molecule has 1 aromatic carbocycles. The maximum absolute atomic E-state index is 12.3. The summed E-state index contributed by atoms with van der Waals surface area (Å²) >= 11 is 0. The van der Waals surface area contributed by atoms with Gasteiger partial charge in [0.05, 0.1) is 22.6 Å². The van der Waals surface area contributed by atoms with E-state index >= 15 is 0 Å². The number of carbonyl (C=O) groups excluding carboxylic acids is 1. The normalized spacial score (nSPS) is 18.8. The molecule has 0 radical (unpaired) electrons. The smallest absolute Gasteiger partial charge is 0.323 e. The molecule has 1 aliphatic rings. The SMILES string of the molecule is CC(NC(=O)C1(N)CCCC1)c1ccc2[nH]c(=O)[nH]c2c1. The Morgan fingerprint density at radius 2 is 1.95 bits per heavy atom. The average molecular weight is 288 g/mol. The monoisotopic (exact) mass is 288 g/mol. The number of aromatic amines is 2.